The average molecular weight is 342 g/mol. The van der Waals surface area contributed by atoms with Gasteiger partial charge in [-0.2, -0.15) is 0 Å². The lowest BCUT2D eigenvalue weighted by atomic mass is 10.1. The minimum Gasteiger partial charge on any atom is -0.422 e. The molecule has 0 N–H and O–H groups in total. The molecule has 1 aromatic heterocycles. The molecular formula is C19H16ClNO3. The molecule has 0 aliphatic rings. The SMILES string of the molecule is CCN(Cc1ccccc1)C(=O)c1cc2cc(Cl)ccc2oc1=O. The largest absolute Gasteiger partial charge is 0.422 e. The van der Waals surface area contributed by atoms with Gasteiger partial charge in [-0.15, -0.1) is 0 Å². The fraction of sp³-hybridized carbons (Fsp3) is 0.158. The number of hydrogen-bond acceptors (Lipinski definition) is 3. The highest BCUT2D eigenvalue weighted by molar-refractivity contribution is 6.31. The molecule has 1 amide bonds. The summed E-state index contributed by atoms with van der Waals surface area (Å²) in [5.74, 6) is -0.350. The van der Waals surface area contributed by atoms with Crippen molar-refractivity contribution in [1.82, 2.24) is 4.90 Å². The molecule has 0 fully saturated rings. The Morgan fingerprint density at radius 3 is 2.58 bits per heavy atom. The highest BCUT2D eigenvalue weighted by Crippen LogP contribution is 2.19. The van der Waals surface area contributed by atoms with E-state index in [1.165, 1.54) is 0 Å². The first-order chi connectivity index (χ1) is 11.6. The molecule has 0 bridgehead atoms. The molecule has 122 valence electrons. The van der Waals surface area contributed by atoms with E-state index in [0.29, 0.717) is 29.1 Å². The van der Waals surface area contributed by atoms with Gasteiger partial charge in [-0.3, -0.25) is 4.79 Å². The Labute approximate surface area is 144 Å². The molecule has 1 heterocycles. The summed E-state index contributed by atoms with van der Waals surface area (Å²) >= 11 is 5.97. The lowest BCUT2D eigenvalue weighted by Gasteiger charge is -2.20. The molecule has 2 aromatic carbocycles. The maximum Gasteiger partial charge on any atom is 0.349 e. The Kier molecular flexibility index (Phi) is 4.67. The summed E-state index contributed by atoms with van der Waals surface area (Å²) in [5.41, 5.74) is 0.789. The highest BCUT2D eigenvalue weighted by Gasteiger charge is 2.19. The van der Waals surface area contributed by atoms with Gasteiger partial charge in [0.1, 0.15) is 11.1 Å². The van der Waals surface area contributed by atoms with E-state index in [4.69, 9.17) is 16.0 Å². The number of halogens is 1. The second-order valence-corrected chi connectivity index (χ2v) is 5.87. The normalized spacial score (nSPS) is 10.8. The van der Waals surface area contributed by atoms with Crippen LogP contribution in [0.3, 0.4) is 0 Å². The topological polar surface area (TPSA) is 50.5 Å². The van der Waals surface area contributed by atoms with Crippen LogP contribution >= 0.6 is 11.6 Å². The predicted molar refractivity (Wildman–Crippen MR) is 94.4 cm³/mol. The number of amides is 1. The average Bonchev–Trinajstić information content (AvgIpc) is 2.60. The van der Waals surface area contributed by atoms with Crippen LogP contribution in [0.5, 0.6) is 0 Å². The molecule has 0 aliphatic heterocycles. The van der Waals surface area contributed by atoms with Crippen LogP contribution in [-0.2, 0) is 6.54 Å². The molecule has 24 heavy (non-hydrogen) atoms. The number of carbonyl (C=O) groups excluding carboxylic acids is 1. The number of nitrogens with zero attached hydrogens (tertiary/aromatic N) is 1. The van der Waals surface area contributed by atoms with Crippen molar-refractivity contribution in [3.05, 3.63) is 81.2 Å². The Bertz CT molecular complexity index is 934. The van der Waals surface area contributed by atoms with Crippen molar-refractivity contribution < 1.29 is 9.21 Å². The molecule has 0 atom stereocenters. The minimum absolute atomic E-state index is 0.0162. The van der Waals surface area contributed by atoms with Crippen LogP contribution in [0.2, 0.25) is 5.02 Å². The third kappa shape index (κ3) is 3.34. The fourth-order valence-electron chi connectivity index (χ4n) is 2.54. The van der Waals surface area contributed by atoms with Crippen molar-refractivity contribution in [2.45, 2.75) is 13.5 Å². The van der Waals surface area contributed by atoms with Crippen LogP contribution in [0.15, 0.2) is 63.8 Å². The van der Waals surface area contributed by atoms with E-state index in [1.54, 1.807) is 29.2 Å². The van der Waals surface area contributed by atoms with Gasteiger partial charge in [0.25, 0.3) is 5.91 Å². The maximum atomic E-state index is 12.8. The van der Waals surface area contributed by atoms with Crippen LogP contribution in [0.25, 0.3) is 11.0 Å². The lowest BCUT2D eigenvalue weighted by molar-refractivity contribution is 0.0748. The Morgan fingerprint density at radius 1 is 1.12 bits per heavy atom. The third-order valence-electron chi connectivity index (χ3n) is 3.81. The summed E-state index contributed by atoms with van der Waals surface area (Å²) < 4.78 is 5.25. The molecule has 4 nitrogen and oxygen atoms in total. The van der Waals surface area contributed by atoms with E-state index in [9.17, 15) is 9.59 Å². The Balaban J connectivity index is 1.97. The molecule has 5 heteroatoms. The summed E-state index contributed by atoms with van der Waals surface area (Å²) in [4.78, 5) is 26.6. The summed E-state index contributed by atoms with van der Waals surface area (Å²) in [6.07, 6.45) is 0. The third-order valence-corrected chi connectivity index (χ3v) is 4.04. The first kappa shape index (κ1) is 16.3. The van der Waals surface area contributed by atoms with E-state index >= 15 is 0 Å². The van der Waals surface area contributed by atoms with Crippen LogP contribution in [0, 0.1) is 0 Å². The smallest absolute Gasteiger partial charge is 0.349 e. The Hall–Kier alpha value is -2.59. The molecular weight excluding hydrogens is 326 g/mol. The number of hydrogen-bond donors (Lipinski definition) is 0. The summed E-state index contributed by atoms with van der Waals surface area (Å²) in [5, 5.41) is 1.15. The van der Waals surface area contributed by atoms with Gasteiger partial charge >= 0.3 is 5.63 Å². The van der Waals surface area contributed by atoms with E-state index in [-0.39, 0.29) is 11.5 Å². The standard InChI is InChI=1S/C19H16ClNO3/c1-2-21(12-13-6-4-3-5-7-13)18(22)16-11-14-10-15(20)8-9-17(14)24-19(16)23/h3-11H,2,12H2,1H3. The zero-order chi connectivity index (χ0) is 17.1. The van der Waals surface area contributed by atoms with Crippen molar-refractivity contribution in [2.75, 3.05) is 6.54 Å². The summed E-state index contributed by atoms with van der Waals surface area (Å²) in [6, 6.07) is 16.1. The first-order valence-corrected chi connectivity index (χ1v) is 8.03. The van der Waals surface area contributed by atoms with Crippen LogP contribution < -0.4 is 5.63 Å². The predicted octanol–water partition coefficient (Wildman–Crippen LogP) is 4.11. The molecule has 0 saturated carbocycles. The number of fused-ring (bicyclic) bond motifs is 1. The molecule has 0 spiro atoms. The highest BCUT2D eigenvalue weighted by atomic mass is 35.5. The van der Waals surface area contributed by atoms with E-state index in [1.807, 2.05) is 37.3 Å². The second-order valence-electron chi connectivity index (χ2n) is 5.43. The van der Waals surface area contributed by atoms with Gasteiger partial charge in [-0.05, 0) is 36.8 Å². The van der Waals surface area contributed by atoms with Gasteiger partial charge in [-0.1, -0.05) is 41.9 Å². The number of rotatable bonds is 4. The second kappa shape index (κ2) is 6.89. The van der Waals surface area contributed by atoms with Crippen molar-refractivity contribution in [3.8, 4) is 0 Å². The first-order valence-electron chi connectivity index (χ1n) is 7.65. The molecule has 3 aromatic rings. The van der Waals surface area contributed by atoms with Gasteiger partial charge in [0.15, 0.2) is 0 Å². The van der Waals surface area contributed by atoms with Gasteiger partial charge in [0.2, 0.25) is 0 Å². The van der Waals surface area contributed by atoms with E-state index in [2.05, 4.69) is 0 Å². The van der Waals surface area contributed by atoms with Crippen molar-refractivity contribution in [1.29, 1.82) is 0 Å². The monoisotopic (exact) mass is 341 g/mol. The number of benzene rings is 2. The quantitative estimate of drug-likeness (QED) is 0.671. The zero-order valence-corrected chi connectivity index (χ0v) is 13.9. The maximum absolute atomic E-state index is 12.8. The summed E-state index contributed by atoms with van der Waals surface area (Å²) in [6.45, 7) is 2.80. The minimum atomic E-state index is -0.638. The van der Waals surface area contributed by atoms with Crippen LogP contribution in [-0.4, -0.2) is 17.4 Å². The van der Waals surface area contributed by atoms with Gasteiger partial charge in [-0.25, -0.2) is 4.79 Å². The van der Waals surface area contributed by atoms with Crippen molar-refractivity contribution in [2.24, 2.45) is 0 Å². The molecule has 0 saturated heterocycles. The van der Waals surface area contributed by atoms with E-state index in [0.717, 1.165) is 5.56 Å². The molecule has 0 unspecified atom stereocenters. The van der Waals surface area contributed by atoms with Crippen LogP contribution in [0.4, 0.5) is 0 Å². The molecule has 0 aliphatic carbocycles. The lowest BCUT2D eigenvalue weighted by Crippen LogP contribution is -2.33. The zero-order valence-electron chi connectivity index (χ0n) is 13.2. The fourth-order valence-corrected chi connectivity index (χ4v) is 2.73. The van der Waals surface area contributed by atoms with Crippen molar-refractivity contribution in [3.63, 3.8) is 0 Å². The Morgan fingerprint density at radius 2 is 1.88 bits per heavy atom. The molecule has 0 radical (unpaired) electrons. The van der Waals surface area contributed by atoms with Crippen LogP contribution in [0.1, 0.15) is 22.8 Å². The van der Waals surface area contributed by atoms with E-state index < -0.39 is 5.63 Å². The van der Waals surface area contributed by atoms with Gasteiger partial charge < -0.3 is 9.32 Å². The van der Waals surface area contributed by atoms with Gasteiger partial charge in [0.05, 0.1) is 0 Å². The molecule has 3 rings (SSSR count). The number of carbonyl (C=O) groups is 1. The summed E-state index contributed by atoms with van der Waals surface area (Å²) in [7, 11) is 0. The van der Waals surface area contributed by atoms with Gasteiger partial charge in [0, 0.05) is 23.5 Å². The van der Waals surface area contributed by atoms with Crippen molar-refractivity contribution >= 4 is 28.5 Å².